The van der Waals surface area contributed by atoms with Crippen LogP contribution in [0.4, 0.5) is 5.13 Å². The maximum Gasteiger partial charge on any atom is 0.357 e. The molecule has 17 heavy (non-hydrogen) atoms. The summed E-state index contributed by atoms with van der Waals surface area (Å²) in [7, 11) is 6.02. The number of hydrogen-bond acceptors (Lipinski definition) is 6. The van der Waals surface area contributed by atoms with Crippen LogP contribution in [0.25, 0.3) is 0 Å². The maximum atomic E-state index is 11.4. The second-order valence-electron chi connectivity index (χ2n) is 3.96. The molecule has 0 saturated heterocycles. The first kappa shape index (κ1) is 13.9. The third-order valence-corrected chi connectivity index (χ3v) is 3.14. The molecule has 1 rings (SSSR count). The lowest BCUT2D eigenvalue weighted by Crippen LogP contribution is -2.28. The van der Waals surface area contributed by atoms with Crippen molar-refractivity contribution in [2.45, 2.75) is 6.92 Å². The number of thiazole rings is 1. The van der Waals surface area contributed by atoms with Crippen LogP contribution in [0.1, 0.15) is 17.4 Å². The summed E-state index contributed by atoms with van der Waals surface area (Å²) in [4.78, 5) is 19.8. The largest absolute Gasteiger partial charge is 0.461 e. The third-order valence-electron chi connectivity index (χ3n) is 2.19. The van der Waals surface area contributed by atoms with E-state index < -0.39 is 0 Å². The van der Waals surface area contributed by atoms with Gasteiger partial charge < -0.3 is 14.5 Å². The third kappa shape index (κ3) is 4.32. The highest BCUT2D eigenvalue weighted by molar-refractivity contribution is 7.13. The van der Waals surface area contributed by atoms with Crippen LogP contribution in [0.5, 0.6) is 0 Å². The Hall–Kier alpha value is -1.14. The van der Waals surface area contributed by atoms with Crippen molar-refractivity contribution in [2.75, 3.05) is 45.7 Å². The number of rotatable bonds is 6. The first-order valence-electron chi connectivity index (χ1n) is 5.53. The van der Waals surface area contributed by atoms with Gasteiger partial charge in [0.25, 0.3) is 0 Å². The number of hydrogen-bond donors (Lipinski definition) is 0. The molecule has 6 heteroatoms. The first-order chi connectivity index (χ1) is 8.04. The van der Waals surface area contributed by atoms with Crippen LogP contribution < -0.4 is 4.90 Å². The molecule has 0 fully saturated rings. The van der Waals surface area contributed by atoms with Gasteiger partial charge in [0.2, 0.25) is 0 Å². The SMILES string of the molecule is CCOC(=O)c1csc(N(C)CCN(C)C)n1. The van der Waals surface area contributed by atoms with E-state index in [0.717, 1.165) is 18.2 Å². The van der Waals surface area contributed by atoms with Crippen molar-refractivity contribution in [2.24, 2.45) is 0 Å². The van der Waals surface area contributed by atoms with Crippen molar-refractivity contribution in [3.05, 3.63) is 11.1 Å². The zero-order valence-corrected chi connectivity index (χ0v) is 11.6. The molecule has 0 atom stereocenters. The molecule has 0 aliphatic heterocycles. The van der Waals surface area contributed by atoms with Gasteiger partial charge in [-0.1, -0.05) is 0 Å². The standard InChI is InChI=1S/C11H19N3O2S/c1-5-16-10(15)9-8-17-11(12-9)14(4)7-6-13(2)3/h8H,5-7H2,1-4H3. The Morgan fingerprint density at radius 3 is 2.71 bits per heavy atom. The van der Waals surface area contributed by atoms with E-state index in [1.807, 2.05) is 26.0 Å². The Bertz CT molecular complexity index is 365. The minimum Gasteiger partial charge on any atom is -0.461 e. The number of esters is 1. The van der Waals surface area contributed by atoms with Crippen LogP contribution in [0.15, 0.2) is 5.38 Å². The van der Waals surface area contributed by atoms with E-state index in [4.69, 9.17) is 4.74 Å². The Morgan fingerprint density at radius 2 is 2.12 bits per heavy atom. The molecule has 1 aromatic rings. The van der Waals surface area contributed by atoms with Crippen LogP contribution in [0, 0.1) is 0 Å². The van der Waals surface area contributed by atoms with Gasteiger partial charge in [0, 0.05) is 25.5 Å². The Labute approximate surface area is 106 Å². The fraction of sp³-hybridized carbons (Fsp3) is 0.636. The second kappa shape index (κ2) is 6.56. The van der Waals surface area contributed by atoms with Gasteiger partial charge in [-0.15, -0.1) is 11.3 Å². The lowest BCUT2D eigenvalue weighted by molar-refractivity contribution is 0.0520. The lowest BCUT2D eigenvalue weighted by atomic mass is 10.5. The molecule has 0 saturated carbocycles. The highest BCUT2D eigenvalue weighted by Gasteiger charge is 2.13. The fourth-order valence-corrected chi connectivity index (χ4v) is 1.97. The van der Waals surface area contributed by atoms with Gasteiger partial charge in [0.1, 0.15) is 0 Å². The molecule has 0 unspecified atom stereocenters. The van der Waals surface area contributed by atoms with Crippen molar-refractivity contribution in [1.29, 1.82) is 0 Å². The van der Waals surface area contributed by atoms with Crippen molar-refractivity contribution in [3.8, 4) is 0 Å². The predicted molar refractivity (Wildman–Crippen MR) is 69.9 cm³/mol. The summed E-state index contributed by atoms with van der Waals surface area (Å²) in [5.41, 5.74) is 0.392. The summed E-state index contributed by atoms with van der Waals surface area (Å²) in [6.45, 7) is 3.99. The average molecular weight is 257 g/mol. The topological polar surface area (TPSA) is 45.7 Å². The zero-order valence-electron chi connectivity index (χ0n) is 10.8. The summed E-state index contributed by atoms with van der Waals surface area (Å²) in [6, 6.07) is 0. The Balaban J connectivity index is 2.57. The molecule has 0 amide bonds. The van der Waals surface area contributed by atoms with E-state index in [0.29, 0.717) is 12.3 Å². The Kier molecular flexibility index (Phi) is 5.37. The number of carbonyl (C=O) groups is 1. The minimum absolute atomic E-state index is 0.351. The van der Waals surface area contributed by atoms with E-state index in [-0.39, 0.29) is 5.97 Å². The van der Waals surface area contributed by atoms with Gasteiger partial charge in [-0.25, -0.2) is 9.78 Å². The van der Waals surface area contributed by atoms with E-state index in [1.54, 1.807) is 12.3 Å². The summed E-state index contributed by atoms with van der Waals surface area (Å²) in [5, 5.41) is 2.58. The molecule has 0 spiro atoms. The Morgan fingerprint density at radius 1 is 1.41 bits per heavy atom. The van der Waals surface area contributed by atoms with Crippen molar-refractivity contribution in [1.82, 2.24) is 9.88 Å². The van der Waals surface area contributed by atoms with E-state index >= 15 is 0 Å². The van der Waals surface area contributed by atoms with Crippen LogP contribution in [-0.2, 0) is 4.74 Å². The number of aromatic nitrogens is 1. The highest BCUT2D eigenvalue weighted by Crippen LogP contribution is 2.19. The van der Waals surface area contributed by atoms with Crippen molar-refractivity contribution < 1.29 is 9.53 Å². The molecule has 96 valence electrons. The quantitative estimate of drug-likeness (QED) is 0.719. The summed E-state index contributed by atoms with van der Waals surface area (Å²) in [6.07, 6.45) is 0. The molecule has 0 aliphatic carbocycles. The molecule has 0 radical (unpaired) electrons. The monoisotopic (exact) mass is 257 g/mol. The second-order valence-corrected chi connectivity index (χ2v) is 4.80. The molecular weight excluding hydrogens is 238 g/mol. The number of carbonyl (C=O) groups excluding carboxylic acids is 1. The van der Waals surface area contributed by atoms with Gasteiger partial charge in [-0.2, -0.15) is 0 Å². The van der Waals surface area contributed by atoms with Gasteiger partial charge in [0.05, 0.1) is 6.61 Å². The van der Waals surface area contributed by atoms with Crippen LogP contribution in [-0.4, -0.2) is 56.7 Å². The summed E-state index contributed by atoms with van der Waals surface area (Å²) >= 11 is 1.46. The first-order valence-corrected chi connectivity index (χ1v) is 6.41. The van der Waals surface area contributed by atoms with Crippen LogP contribution in [0.3, 0.4) is 0 Å². The average Bonchev–Trinajstić information content (AvgIpc) is 2.75. The van der Waals surface area contributed by atoms with E-state index in [1.165, 1.54) is 11.3 Å². The number of ether oxygens (including phenoxy) is 1. The fourth-order valence-electron chi connectivity index (χ4n) is 1.18. The lowest BCUT2D eigenvalue weighted by Gasteiger charge is -2.18. The molecule has 1 aromatic heterocycles. The smallest absolute Gasteiger partial charge is 0.357 e. The molecule has 5 nitrogen and oxygen atoms in total. The normalized spacial score (nSPS) is 10.6. The molecule has 0 N–H and O–H groups in total. The van der Waals surface area contributed by atoms with Crippen LogP contribution in [0.2, 0.25) is 0 Å². The van der Waals surface area contributed by atoms with Crippen molar-refractivity contribution >= 4 is 22.4 Å². The van der Waals surface area contributed by atoms with E-state index in [9.17, 15) is 4.79 Å². The number of likely N-dealkylation sites (N-methyl/N-ethyl adjacent to an activating group) is 2. The highest BCUT2D eigenvalue weighted by atomic mass is 32.1. The maximum absolute atomic E-state index is 11.4. The molecule has 0 bridgehead atoms. The van der Waals surface area contributed by atoms with Gasteiger partial charge >= 0.3 is 5.97 Å². The molecule has 0 aromatic carbocycles. The number of anilines is 1. The van der Waals surface area contributed by atoms with Gasteiger partial charge in [-0.3, -0.25) is 0 Å². The summed E-state index contributed by atoms with van der Waals surface area (Å²) < 4.78 is 4.90. The van der Waals surface area contributed by atoms with Crippen molar-refractivity contribution in [3.63, 3.8) is 0 Å². The predicted octanol–water partition coefficient (Wildman–Crippen LogP) is 1.32. The van der Waals surface area contributed by atoms with E-state index in [2.05, 4.69) is 9.88 Å². The minimum atomic E-state index is -0.351. The molecule has 1 heterocycles. The summed E-state index contributed by atoms with van der Waals surface area (Å²) in [5.74, 6) is -0.351. The molecular formula is C11H19N3O2S. The molecule has 0 aliphatic rings. The van der Waals surface area contributed by atoms with Crippen LogP contribution >= 0.6 is 11.3 Å². The zero-order chi connectivity index (χ0) is 12.8. The number of nitrogens with zero attached hydrogens (tertiary/aromatic N) is 3. The van der Waals surface area contributed by atoms with Gasteiger partial charge in [-0.05, 0) is 21.0 Å². The van der Waals surface area contributed by atoms with Gasteiger partial charge in [0.15, 0.2) is 10.8 Å².